The summed E-state index contributed by atoms with van der Waals surface area (Å²) in [6.07, 6.45) is 0. The fourth-order valence-electron chi connectivity index (χ4n) is 1.59. The zero-order valence-corrected chi connectivity index (χ0v) is 11.4. The predicted molar refractivity (Wildman–Crippen MR) is 70.0 cm³/mol. The Bertz CT molecular complexity index is 607. The predicted octanol–water partition coefficient (Wildman–Crippen LogP) is 2.85. The van der Waals surface area contributed by atoms with Gasteiger partial charge >= 0.3 is 5.97 Å². The van der Waals surface area contributed by atoms with E-state index in [1.807, 2.05) is 19.1 Å². The van der Waals surface area contributed by atoms with Gasteiger partial charge in [-0.15, -0.1) is 0 Å². The van der Waals surface area contributed by atoms with Crippen LogP contribution in [0.4, 0.5) is 0 Å². The smallest absolute Gasteiger partial charge is 0.353 e. The topological polar surface area (TPSA) is 75.2 Å². The highest BCUT2D eigenvalue weighted by atomic mass is 79.9. The van der Waals surface area contributed by atoms with Crippen LogP contribution in [-0.2, 0) is 0 Å². The monoisotopic (exact) mass is 310 g/mol. The number of carboxylic acids is 1. The number of carbonyl (C=O) groups is 1. The van der Waals surface area contributed by atoms with Gasteiger partial charge in [-0.2, -0.15) is 5.10 Å². The van der Waals surface area contributed by atoms with Crippen molar-refractivity contribution in [3.05, 3.63) is 33.9 Å². The summed E-state index contributed by atoms with van der Waals surface area (Å²) < 4.78 is 6.14. The van der Waals surface area contributed by atoms with E-state index >= 15 is 0 Å². The maximum atomic E-state index is 10.8. The first-order valence-corrected chi connectivity index (χ1v) is 5.95. The average molecular weight is 311 g/mol. The highest BCUT2D eigenvalue weighted by Gasteiger charge is 2.12. The Labute approximate surface area is 112 Å². The molecule has 1 heterocycles. The first-order valence-electron chi connectivity index (χ1n) is 5.16. The molecule has 1 aromatic carbocycles. The van der Waals surface area contributed by atoms with Crippen LogP contribution in [0.2, 0.25) is 0 Å². The number of halogens is 1. The van der Waals surface area contributed by atoms with Gasteiger partial charge in [0.1, 0.15) is 11.4 Å². The zero-order valence-electron chi connectivity index (χ0n) is 9.82. The van der Waals surface area contributed by atoms with Crippen molar-refractivity contribution in [2.24, 2.45) is 0 Å². The molecule has 2 rings (SSSR count). The van der Waals surface area contributed by atoms with E-state index in [-0.39, 0.29) is 5.69 Å². The van der Waals surface area contributed by atoms with Gasteiger partial charge in [0.2, 0.25) is 0 Å². The number of ether oxygens (including phenoxy) is 1. The van der Waals surface area contributed by atoms with Crippen LogP contribution in [0.3, 0.4) is 0 Å². The maximum Gasteiger partial charge on any atom is 0.353 e. The molecule has 94 valence electrons. The molecule has 0 aliphatic carbocycles. The van der Waals surface area contributed by atoms with E-state index in [0.29, 0.717) is 5.69 Å². The van der Waals surface area contributed by atoms with Crippen molar-refractivity contribution in [2.45, 2.75) is 6.92 Å². The van der Waals surface area contributed by atoms with Gasteiger partial charge in [-0.05, 0) is 25.1 Å². The van der Waals surface area contributed by atoms with Gasteiger partial charge in [-0.3, -0.25) is 5.10 Å². The molecule has 0 unspecified atom stereocenters. The number of methoxy groups -OCH3 is 1. The zero-order chi connectivity index (χ0) is 13.3. The van der Waals surface area contributed by atoms with Crippen molar-refractivity contribution in [3.8, 4) is 17.0 Å². The quantitative estimate of drug-likeness (QED) is 0.914. The van der Waals surface area contributed by atoms with Crippen molar-refractivity contribution in [1.29, 1.82) is 0 Å². The molecule has 2 aromatic rings. The second-order valence-corrected chi connectivity index (χ2v) is 4.61. The van der Waals surface area contributed by atoms with Crippen LogP contribution >= 0.6 is 15.9 Å². The van der Waals surface area contributed by atoms with Gasteiger partial charge in [0.25, 0.3) is 0 Å². The first kappa shape index (κ1) is 12.6. The maximum absolute atomic E-state index is 10.8. The molecule has 1 aromatic heterocycles. The molecule has 0 bridgehead atoms. The van der Waals surface area contributed by atoms with E-state index < -0.39 is 5.97 Å². The summed E-state index contributed by atoms with van der Waals surface area (Å²) in [4.78, 5) is 10.8. The van der Waals surface area contributed by atoms with Gasteiger partial charge in [0.05, 0.1) is 12.8 Å². The fourth-order valence-corrected chi connectivity index (χ4v) is 2.03. The number of nitrogens with one attached hydrogen (secondary N) is 1. The number of benzene rings is 1. The number of aromatic amines is 1. The minimum atomic E-state index is -1.04. The van der Waals surface area contributed by atoms with Crippen molar-refractivity contribution < 1.29 is 14.6 Å². The largest absolute Gasteiger partial charge is 0.496 e. The Morgan fingerprint density at radius 3 is 2.72 bits per heavy atom. The molecule has 6 heteroatoms. The second kappa shape index (κ2) is 4.81. The molecular formula is C12H11BrN2O3. The lowest BCUT2D eigenvalue weighted by Gasteiger charge is -2.08. The van der Waals surface area contributed by atoms with Crippen LogP contribution in [0.15, 0.2) is 22.7 Å². The molecule has 0 aliphatic rings. The van der Waals surface area contributed by atoms with Crippen LogP contribution < -0.4 is 4.74 Å². The summed E-state index contributed by atoms with van der Waals surface area (Å²) >= 11 is 3.44. The van der Waals surface area contributed by atoms with Crippen molar-refractivity contribution in [1.82, 2.24) is 10.2 Å². The molecular weight excluding hydrogens is 300 g/mol. The van der Waals surface area contributed by atoms with Crippen LogP contribution in [-0.4, -0.2) is 28.4 Å². The van der Waals surface area contributed by atoms with Gasteiger partial charge in [-0.1, -0.05) is 15.9 Å². The van der Waals surface area contributed by atoms with E-state index in [9.17, 15) is 4.79 Å². The van der Waals surface area contributed by atoms with E-state index in [4.69, 9.17) is 9.84 Å². The average Bonchev–Trinajstić information content (AvgIpc) is 2.82. The summed E-state index contributed by atoms with van der Waals surface area (Å²) in [7, 11) is 1.59. The second-order valence-electron chi connectivity index (χ2n) is 3.76. The third-order valence-corrected chi connectivity index (χ3v) is 3.44. The van der Waals surface area contributed by atoms with E-state index in [1.165, 1.54) is 6.07 Å². The Morgan fingerprint density at radius 1 is 1.44 bits per heavy atom. The number of rotatable bonds is 3. The third-order valence-electron chi connectivity index (χ3n) is 2.62. The standard InChI is InChI=1S/C12H11BrN2O3/c1-6-8(13)3-7(4-11(6)18-2)9-5-10(12(16)17)15-14-9/h3-5H,1-2H3,(H,14,15)(H,16,17). The van der Waals surface area contributed by atoms with Crippen LogP contribution in [0, 0.1) is 6.92 Å². The summed E-state index contributed by atoms with van der Waals surface area (Å²) in [5, 5.41) is 15.3. The first-order chi connectivity index (χ1) is 8.52. The lowest BCUT2D eigenvalue weighted by molar-refractivity contribution is 0.0690. The highest BCUT2D eigenvalue weighted by Crippen LogP contribution is 2.32. The molecule has 2 N–H and O–H groups in total. The van der Waals surface area contributed by atoms with Crippen LogP contribution in [0.5, 0.6) is 5.75 Å². The minimum Gasteiger partial charge on any atom is -0.496 e. The van der Waals surface area contributed by atoms with Crippen molar-refractivity contribution in [3.63, 3.8) is 0 Å². The number of hydrogen-bond acceptors (Lipinski definition) is 3. The highest BCUT2D eigenvalue weighted by molar-refractivity contribution is 9.10. The Morgan fingerprint density at radius 2 is 2.17 bits per heavy atom. The molecule has 0 aliphatic heterocycles. The lowest BCUT2D eigenvalue weighted by atomic mass is 10.1. The van der Waals surface area contributed by atoms with Gasteiger partial charge in [0.15, 0.2) is 0 Å². The molecule has 0 radical (unpaired) electrons. The van der Waals surface area contributed by atoms with Crippen LogP contribution in [0.25, 0.3) is 11.3 Å². The summed E-state index contributed by atoms with van der Waals surface area (Å²) in [5.74, 6) is -0.314. The lowest BCUT2D eigenvalue weighted by Crippen LogP contribution is -1.95. The van der Waals surface area contributed by atoms with Crippen molar-refractivity contribution >= 4 is 21.9 Å². The van der Waals surface area contributed by atoms with Gasteiger partial charge in [0, 0.05) is 15.6 Å². The third kappa shape index (κ3) is 2.24. The van der Waals surface area contributed by atoms with Gasteiger partial charge in [-0.25, -0.2) is 4.79 Å². The Balaban J connectivity index is 2.50. The molecule has 18 heavy (non-hydrogen) atoms. The molecule has 0 atom stereocenters. The Hall–Kier alpha value is -1.82. The normalized spacial score (nSPS) is 10.4. The van der Waals surface area contributed by atoms with E-state index in [0.717, 1.165) is 21.3 Å². The molecule has 0 fully saturated rings. The number of carboxylic acid groups (broad SMARTS) is 1. The molecule has 0 spiro atoms. The van der Waals surface area contributed by atoms with Gasteiger partial charge < -0.3 is 9.84 Å². The molecule has 5 nitrogen and oxygen atoms in total. The fraction of sp³-hybridized carbons (Fsp3) is 0.167. The molecule has 0 saturated carbocycles. The van der Waals surface area contributed by atoms with Crippen molar-refractivity contribution in [2.75, 3.05) is 7.11 Å². The minimum absolute atomic E-state index is 0.0562. The van der Waals surface area contributed by atoms with E-state index in [2.05, 4.69) is 26.1 Å². The summed E-state index contributed by atoms with van der Waals surface area (Å²) in [5.41, 5.74) is 2.38. The number of nitrogens with zero attached hydrogens (tertiary/aromatic N) is 1. The molecule has 0 amide bonds. The number of aromatic carboxylic acids is 1. The number of aromatic nitrogens is 2. The molecule has 0 saturated heterocycles. The summed E-state index contributed by atoms with van der Waals surface area (Å²) in [6, 6.07) is 5.18. The van der Waals surface area contributed by atoms with E-state index in [1.54, 1.807) is 7.11 Å². The van der Waals surface area contributed by atoms with Crippen LogP contribution in [0.1, 0.15) is 16.1 Å². The SMILES string of the molecule is COc1cc(-c2cc(C(=O)O)[nH]n2)cc(Br)c1C. The Kier molecular flexibility index (Phi) is 3.38. The number of H-pyrrole nitrogens is 1. The summed E-state index contributed by atoms with van der Waals surface area (Å²) in [6.45, 7) is 1.93. The number of hydrogen-bond donors (Lipinski definition) is 2.